The van der Waals surface area contributed by atoms with Crippen LogP contribution in [-0.2, 0) is 11.3 Å². The van der Waals surface area contributed by atoms with Crippen molar-refractivity contribution in [3.05, 3.63) is 76.8 Å². The van der Waals surface area contributed by atoms with Crippen molar-refractivity contribution in [2.24, 2.45) is 0 Å². The van der Waals surface area contributed by atoms with Crippen LogP contribution >= 0.6 is 11.3 Å². The first-order valence-electron chi connectivity index (χ1n) is 9.86. The van der Waals surface area contributed by atoms with E-state index in [1.807, 2.05) is 55.5 Å². The maximum atomic E-state index is 12.9. The lowest BCUT2D eigenvalue weighted by Crippen LogP contribution is -2.41. The average Bonchev–Trinajstić information content (AvgIpc) is 3.34. The molecule has 6 heteroatoms. The molecule has 0 unspecified atom stereocenters. The molecule has 150 valence electrons. The van der Waals surface area contributed by atoms with E-state index < -0.39 is 0 Å². The number of hydrogen-bond acceptors (Lipinski definition) is 5. The van der Waals surface area contributed by atoms with Crippen molar-refractivity contribution >= 4 is 17.2 Å². The van der Waals surface area contributed by atoms with Gasteiger partial charge >= 0.3 is 0 Å². The molecule has 4 rings (SSSR count). The summed E-state index contributed by atoms with van der Waals surface area (Å²) in [5, 5.41) is 3.62. The Morgan fingerprint density at radius 1 is 1.10 bits per heavy atom. The van der Waals surface area contributed by atoms with E-state index in [0.29, 0.717) is 28.1 Å². The van der Waals surface area contributed by atoms with E-state index in [-0.39, 0.29) is 18.1 Å². The molecule has 3 aromatic rings. The highest BCUT2D eigenvalue weighted by molar-refractivity contribution is 7.15. The maximum Gasteiger partial charge on any atom is 0.279 e. The summed E-state index contributed by atoms with van der Waals surface area (Å²) in [6.07, 6.45) is 2.97. The molecule has 0 bridgehead atoms. The number of aryl methyl sites for hydroxylation is 1. The molecule has 5 nitrogen and oxygen atoms in total. The lowest BCUT2D eigenvalue weighted by molar-refractivity contribution is 0.0272. The van der Waals surface area contributed by atoms with Crippen molar-refractivity contribution in [1.82, 2.24) is 10.3 Å². The molecule has 2 aromatic carbocycles. The second-order valence-electron chi connectivity index (χ2n) is 7.16. The molecule has 2 atom stereocenters. The molecule has 1 fully saturated rings. The number of carbonyl (C=O) groups is 1. The number of thiazole rings is 1. The highest BCUT2D eigenvalue weighted by atomic mass is 32.1. The van der Waals surface area contributed by atoms with Gasteiger partial charge in [0, 0.05) is 0 Å². The second kappa shape index (κ2) is 9.20. The predicted molar refractivity (Wildman–Crippen MR) is 113 cm³/mol. The Kier molecular flexibility index (Phi) is 6.22. The fourth-order valence-electron chi connectivity index (χ4n) is 3.52. The minimum absolute atomic E-state index is 0.0196. The molecule has 29 heavy (non-hydrogen) atoms. The van der Waals surface area contributed by atoms with Crippen molar-refractivity contribution < 1.29 is 14.3 Å². The predicted octanol–water partition coefficient (Wildman–Crippen LogP) is 5.11. The van der Waals surface area contributed by atoms with E-state index in [9.17, 15) is 4.79 Å². The minimum atomic E-state index is -0.108. The number of rotatable bonds is 7. The normalized spacial score (nSPS) is 18.5. The molecule has 1 aliphatic rings. The first-order valence-corrected chi connectivity index (χ1v) is 10.7. The van der Waals surface area contributed by atoms with Gasteiger partial charge in [0.05, 0.1) is 24.4 Å². The third-order valence-corrected chi connectivity index (χ3v) is 6.04. The van der Waals surface area contributed by atoms with Crippen LogP contribution in [0.5, 0.6) is 10.9 Å². The number of nitrogens with zero attached hydrogens (tertiary/aromatic N) is 1. The van der Waals surface area contributed by atoms with Gasteiger partial charge in [-0.05, 0) is 43.9 Å². The summed E-state index contributed by atoms with van der Waals surface area (Å²) in [4.78, 5) is 17.8. The highest BCUT2D eigenvalue weighted by Gasteiger charge is 2.30. The molecule has 0 radical (unpaired) electrons. The minimum Gasteiger partial charge on any atom is -0.431 e. The topological polar surface area (TPSA) is 60.5 Å². The Balaban J connectivity index is 1.37. The largest absolute Gasteiger partial charge is 0.431 e. The summed E-state index contributed by atoms with van der Waals surface area (Å²) in [6.45, 7) is 2.40. The summed E-state index contributed by atoms with van der Waals surface area (Å²) in [5.74, 6) is 0.599. The number of carbonyl (C=O) groups excluding carboxylic acids is 1. The van der Waals surface area contributed by atoms with Gasteiger partial charge < -0.3 is 14.8 Å². The van der Waals surface area contributed by atoms with E-state index in [4.69, 9.17) is 9.47 Å². The number of para-hydroxylation sites is 1. The van der Waals surface area contributed by atoms with Gasteiger partial charge in [0.1, 0.15) is 10.6 Å². The zero-order valence-electron chi connectivity index (χ0n) is 16.3. The standard InChI is InChI=1S/C23H24N2O3S/c1-16-21(29-23(24-16)28-18-11-6-3-7-12-18)22(26)25-19-13-8-14-20(19)27-15-17-9-4-2-5-10-17/h2-7,9-12,19-20H,8,13-15H2,1H3,(H,25,26)/t19-,20-/m0/s1. The first kappa shape index (κ1) is 19.6. The van der Waals surface area contributed by atoms with Crippen molar-refractivity contribution in [3.8, 4) is 10.9 Å². The van der Waals surface area contributed by atoms with Crippen LogP contribution in [0, 0.1) is 6.92 Å². The van der Waals surface area contributed by atoms with E-state index in [1.54, 1.807) is 0 Å². The molecular formula is C23H24N2O3S. The van der Waals surface area contributed by atoms with Crippen LogP contribution in [0.1, 0.15) is 40.2 Å². The zero-order valence-corrected chi connectivity index (χ0v) is 17.2. The zero-order chi connectivity index (χ0) is 20.1. The Labute approximate surface area is 174 Å². The van der Waals surface area contributed by atoms with Crippen LogP contribution in [0.15, 0.2) is 60.7 Å². The summed E-state index contributed by atoms with van der Waals surface area (Å²) >= 11 is 1.27. The third kappa shape index (κ3) is 5.02. The van der Waals surface area contributed by atoms with Gasteiger partial charge in [-0.15, -0.1) is 0 Å². The molecule has 0 saturated heterocycles. The molecule has 0 spiro atoms. The van der Waals surface area contributed by atoms with Crippen LogP contribution in [0.4, 0.5) is 0 Å². The van der Waals surface area contributed by atoms with Crippen molar-refractivity contribution in [2.75, 3.05) is 0 Å². The molecule has 0 aliphatic heterocycles. The monoisotopic (exact) mass is 408 g/mol. The molecule has 1 aromatic heterocycles. The Morgan fingerprint density at radius 2 is 1.83 bits per heavy atom. The summed E-state index contributed by atoms with van der Waals surface area (Å²) < 4.78 is 11.9. The number of ether oxygens (including phenoxy) is 2. The fourth-order valence-corrected chi connectivity index (χ4v) is 4.36. The van der Waals surface area contributed by atoms with E-state index >= 15 is 0 Å². The van der Waals surface area contributed by atoms with Gasteiger partial charge in [-0.2, -0.15) is 0 Å². The molecule has 1 N–H and O–H groups in total. The van der Waals surface area contributed by atoms with Crippen LogP contribution in [0.2, 0.25) is 0 Å². The highest BCUT2D eigenvalue weighted by Crippen LogP contribution is 2.30. The SMILES string of the molecule is Cc1nc(Oc2ccccc2)sc1C(=O)N[C@H]1CCC[C@@H]1OCc1ccccc1. The van der Waals surface area contributed by atoms with Gasteiger partial charge in [-0.3, -0.25) is 4.79 Å². The quantitative estimate of drug-likeness (QED) is 0.590. The maximum absolute atomic E-state index is 12.9. The lowest BCUT2D eigenvalue weighted by Gasteiger charge is -2.21. The van der Waals surface area contributed by atoms with Gasteiger partial charge in [-0.1, -0.05) is 59.9 Å². The summed E-state index contributed by atoms with van der Waals surface area (Å²) in [6, 6.07) is 19.6. The summed E-state index contributed by atoms with van der Waals surface area (Å²) in [7, 11) is 0. The molecular weight excluding hydrogens is 384 g/mol. The van der Waals surface area contributed by atoms with Crippen LogP contribution in [0.3, 0.4) is 0 Å². The number of benzene rings is 2. The van der Waals surface area contributed by atoms with Gasteiger partial charge in [0.15, 0.2) is 0 Å². The number of nitrogens with one attached hydrogen (secondary N) is 1. The second-order valence-corrected chi connectivity index (χ2v) is 8.12. The Hall–Kier alpha value is -2.70. The van der Waals surface area contributed by atoms with E-state index in [2.05, 4.69) is 22.4 Å². The summed E-state index contributed by atoms with van der Waals surface area (Å²) in [5.41, 5.74) is 1.82. The lowest BCUT2D eigenvalue weighted by atomic mass is 10.2. The Morgan fingerprint density at radius 3 is 2.59 bits per heavy atom. The van der Waals surface area contributed by atoms with Crippen molar-refractivity contribution in [1.29, 1.82) is 0 Å². The molecule has 1 heterocycles. The third-order valence-electron chi connectivity index (χ3n) is 5.01. The average molecular weight is 409 g/mol. The number of amides is 1. The van der Waals surface area contributed by atoms with Gasteiger partial charge in [0.2, 0.25) is 0 Å². The van der Waals surface area contributed by atoms with E-state index in [1.165, 1.54) is 11.3 Å². The van der Waals surface area contributed by atoms with Gasteiger partial charge in [0.25, 0.3) is 11.1 Å². The molecule has 1 saturated carbocycles. The van der Waals surface area contributed by atoms with Crippen LogP contribution < -0.4 is 10.1 Å². The van der Waals surface area contributed by atoms with Crippen molar-refractivity contribution in [2.45, 2.75) is 44.9 Å². The Bertz CT molecular complexity index is 943. The van der Waals surface area contributed by atoms with Gasteiger partial charge in [-0.25, -0.2) is 4.98 Å². The number of aromatic nitrogens is 1. The molecule has 1 amide bonds. The molecule has 1 aliphatic carbocycles. The fraction of sp³-hybridized carbons (Fsp3) is 0.304. The van der Waals surface area contributed by atoms with E-state index in [0.717, 1.165) is 24.8 Å². The number of hydrogen-bond donors (Lipinski definition) is 1. The van der Waals surface area contributed by atoms with Crippen LogP contribution in [0.25, 0.3) is 0 Å². The smallest absolute Gasteiger partial charge is 0.279 e. The van der Waals surface area contributed by atoms with Crippen LogP contribution in [-0.4, -0.2) is 23.0 Å². The van der Waals surface area contributed by atoms with Crippen molar-refractivity contribution in [3.63, 3.8) is 0 Å². The first-order chi connectivity index (χ1) is 14.2.